The van der Waals surface area contributed by atoms with Crippen molar-refractivity contribution in [2.45, 2.75) is 26.4 Å². The first kappa shape index (κ1) is 14.1. The van der Waals surface area contributed by atoms with Crippen molar-refractivity contribution < 1.29 is 15.0 Å². The van der Waals surface area contributed by atoms with Crippen molar-refractivity contribution in [1.82, 2.24) is 9.88 Å². The maximum Gasteiger partial charge on any atom is 0.265 e. The van der Waals surface area contributed by atoms with Crippen LogP contribution in [0.25, 0.3) is 0 Å². The molecule has 0 aromatic carbocycles. The van der Waals surface area contributed by atoms with Gasteiger partial charge >= 0.3 is 0 Å². The molecule has 1 heterocycles. The Hall–Kier alpha value is -0.980. The Bertz CT molecular complexity index is 392. The lowest BCUT2D eigenvalue weighted by molar-refractivity contribution is 0.0522. The Labute approximate surface area is 105 Å². The number of aryl methyl sites for hydroxylation is 2. The molecule has 0 bridgehead atoms. The van der Waals surface area contributed by atoms with E-state index in [1.165, 1.54) is 16.2 Å². The Kier molecular flexibility index (Phi) is 5.04. The number of aliphatic hydroxyl groups is 2. The second kappa shape index (κ2) is 6.09. The van der Waals surface area contributed by atoms with Crippen molar-refractivity contribution in [3.05, 3.63) is 15.6 Å². The molecule has 0 saturated heterocycles. The first-order valence-corrected chi connectivity index (χ1v) is 6.31. The highest BCUT2D eigenvalue weighted by molar-refractivity contribution is 7.13. The number of rotatable bonds is 5. The lowest BCUT2D eigenvalue weighted by Gasteiger charge is -2.19. The van der Waals surface area contributed by atoms with E-state index in [1.807, 2.05) is 13.8 Å². The van der Waals surface area contributed by atoms with Gasteiger partial charge in [0.05, 0.1) is 23.4 Å². The van der Waals surface area contributed by atoms with Crippen LogP contribution in [-0.4, -0.2) is 52.3 Å². The summed E-state index contributed by atoms with van der Waals surface area (Å²) in [7, 11) is 1.61. The molecule has 0 spiro atoms. The summed E-state index contributed by atoms with van der Waals surface area (Å²) in [5, 5.41) is 18.9. The van der Waals surface area contributed by atoms with Gasteiger partial charge in [0.15, 0.2) is 0 Å². The number of carbonyl (C=O) groups is 1. The van der Waals surface area contributed by atoms with Crippen molar-refractivity contribution in [3.8, 4) is 0 Å². The minimum Gasteiger partial charge on any atom is -0.394 e. The van der Waals surface area contributed by atoms with Gasteiger partial charge in [-0.05, 0) is 13.3 Å². The summed E-state index contributed by atoms with van der Waals surface area (Å²) in [6.45, 7) is 3.59. The molecule has 0 fully saturated rings. The quantitative estimate of drug-likeness (QED) is 0.803. The number of thiazole rings is 1. The van der Waals surface area contributed by atoms with E-state index in [2.05, 4.69) is 4.98 Å². The van der Waals surface area contributed by atoms with Crippen LogP contribution in [0.2, 0.25) is 0 Å². The molecule has 1 unspecified atom stereocenters. The molecule has 0 aliphatic rings. The van der Waals surface area contributed by atoms with E-state index in [0.29, 0.717) is 11.3 Å². The Morgan fingerprint density at radius 3 is 2.76 bits per heavy atom. The Morgan fingerprint density at radius 1 is 1.59 bits per heavy atom. The molecule has 5 nitrogen and oxygen atoms in total. The SMILES string of the molecule is CCc1nc(C)sc1C(=O)N(C)CC(O)CO. The van der Waals surface area contributed by atoms with Gasteiger partial charge in [-0.2, -0.15) is 0 Å². The standard InChI is InChI=1S/C11H18N2O3S/c1-4-9-10(17-7(2)12-9)11(16)13(3)5-8(15)6-14/h8,14-15H,4-6H2,1-3H3. The van der Waals surface area contributed by atoms with Crippen LogP contribution in [0.1, 0.15) is 27.3 Å². The fraction of sp³-hybridized carbons (Fsp3) is 0.636. The van der Waals surface area contributed by atoms with Crippen molar-refractivity contribution >= 4 is 17.2 Å². The number of hydrogen-bond acceptors (Lipinski definition) is 5. The zero-order valence-corrected chi connectivity index (χ0v) is 11.1. The van der Waals surface area contributed by atoms with Crippen LogP contribution in [0, 0.1) is 6.92 Å². The summed E-state index contributed by atoms with van der Waals surface area (Å²) in [6, 6.07) is 0. The number of amides is 1. The van der Waals surface area contributed by atoms with Crippen molar-refractivity contribution in [1.29, 1.82) is 0 Å². The molecule has 1 atom stereocenters. The van der Waals surface area contributed by atoms with Crippen LogP contribution in [-0.2, 0) is 6.42 Å². The topological polar surface area (TPSA) is 73.7 Å². The van der Waals surface area contributed by atoms with E-state index in [-0.39, 0.29) is 19.1 Å². The average molecular weight is 258 g/mol. The number of likely N-dealkylation sites (N-methyl/N-ethyl adjacent to an activating group) is 1. The fourth-order valence-electron chi connectivity index (χ4n) is 1.51. The van der Waals surface area contributed by atoms with Gasteiger partial charge in [-0.3, -0.25) is 4.79 Å². The summed E-state index contributed by atoms with van der Waals surface area (Å²) in [5.74, 6) is -0.153. The van der Waals surface area contributed by atoms with Crippen LogP contribution in [0.4, 0.5) is 0 Å². The molecule has 1 aromatic rings. The molecule has 0 radical (unpaired) electrons. The number of aromatic nitrogens is 1. The Balaban J connectivity index is 2.81. The maximum absolute atomic E-state index is 12.1. The highest BCUT2D eigenvalue weighted by Gasteiger charge is 2.20. The van der Waals surface area contributed by atoms with Gasteiger partial charge in [0.1, 0.15) is 4.88 Å². The van der Waals surface area contributed by atoms with E-state index in [0.717, 1.165) is 10.7 Å². The largest absolute Gasteiger partial charge is 0.394 e. The van der Waals surface area contributed by atoms with E-state index < -0.39 is 6.10 Å². The van der Waals surface area contributed by atoms with Gasteiger partial charge < -0.3 is 15.1 Å². The molecule has 0 saturated carbocycles. The monoisotopic (exact) mass is 258 g/mol. The van der Waals surface area contributed by atoms with E-state index in [1.54, 1.807) is 7.05 Å². The highest BCUT2D eigenvalue weighted by atomic mass is 32.1. The average Bonchev–Trinajstić information content (AvgIpc) is 2.69. The molecule has 17 heavy (non-hydrogen) atoms. The summed E-state index contributed by atoms with van der Waals surface area (Å²) >= 11 is 1.36. The molecule has 0 aliphatic carbocycles. The molecule has 6 heteroatoms. The van der Waals surface area contributed by atoms with Gasteiger partial charge in [0, 0.05) is 13.6 Å². The number of hydrogen-bond donors (Lipinski definition) is 2. The third-order valence-corrected chi connectivity index (χ3v) is 3.38. The predicted octanol–water partition coefficient (Wildman–Crippen LogP) is 0.439. The summed E-state index contributed by atoms with van der Waals surface area (Å²) in [6.07, 6.45) is -0.190. The van der Waals surface area contributed by atoms with Crippen molar-refractivity contribution in [2.75, 3.05) is 20.2 Å². The molecule has 1 rings (SSSR count). The zero-order chi connectivity index (χ0) is 13.0. The highest BCUT2D eigenvalue weighted by Crippen LogP contribution is 2.20. The summed E-state index contributed by atoms with van der Waals surface area (Å²) in [4.78, 5) is 18.4. The van der Waals surface area contributed by atoms with Crippen LogP contribution < -0.4 is 0 Å². The lowest BCUT2D eigenvalue weighted by atomic mass is 10.2. The summed E-state index contributed by atoms with van der Waals surface area (Å²) < 4.78 is 0. The van der Waals surface area contributed by atoms with Crippen LogP contribution in [0.15, 0.2) is 0 Å². The fourth-order valence-corrected chi connectivity index (χ4v) is 2.51. The molecule has 96 valence electrons. The van der Waals surface area contributed by atoms with Crippen LogP contribution in [0.5, 0.6) is 0 Å². The van der Waals surface area contributed by atoms with Gasteiger partial charge in [0.2, 0.25) is 0 Å². The molecular formula is C11H18N2O3S. The zero-order valence-electron chi connectivity index (χ0n) is 10.3. The third-order valence-electron chi connectivity index (χ3n) is 2.38. The Morgan fingerprint density at radius 2 is 2.24 bits per heavy atom. The maximum atomic E-state index is 12.1. The van der Waals surface area contributed by atoms with Crippen molar-refractivity contribution in [3.63, 3.8) is 0 Å². The van der Waals surface area contributed by atoms with E-state index >= 15 is 0 Å². The predicted molar refractivity (Wildman–Crippen MR) is 66.3 cm³/mol. The third kappa shape index (κ3) is 3.49. The lowest BCUT2D eigenvalue weighted by Crippen LogP contribution is -2.35. The van der Waals surface area contributed by atoms with Gasteiger partial charge in [-0.15, -0.1) is 11.3 Å². The second-order valence-corrected chi connectivity index (χ2v) is 5.09. The van der Waals surface area contributed by atoms with Crippen molar-refractivity contribution in [2.24, 2.45) is 0 Å². The smallest absolute Gasteiger partial charge is 0.265 e. The van der Waals surface area contributed by atoms with Crippen LogP contribution >= 0.6 is 11.3 Å². The molecule has 2 N–H and O–H groups in total. The first-order valence-electron chi connectivity index (χ1n) is 5.50. The van der Waals surface area contributed by atoms with E-state index in [9.17, 15) is 9.90 Å². The second-order valence-electron chi connectivity index (χ2n) is 3.88. The van der Waals surface area contributed by atoms with Crippen LogP contribution in [0.3, 0.4) is 0 Å². The van der Waals surface area contributed by atoms with Gasteiger partial charge in [0.25, 0.3) is 5.91 Å². The summed E-state index contributed by atoms with van der Waals surface area (Å²) in [5.41, 5.74) is 0.794. The molecule has 0 aliphatic heterocycles. The molecule has 1 amide bonds. The number of carbonyl (C=O) groups excluding carboxylic acids is 1. The molecule has 1 aromatic heterocycles. The first-order chi connectivity index (χ1) is 7.99. The normalized spacial score (nSPS) is 12.5. The van der Waals surface area contributed by atoms with E-state index in [4.69, 9.17) is 5.11 Å². The van der Waals surface area contributed by atoms with Gasteiger partial charge in [-0.25, -0.2) is 4.98 Å². The minimum atomic E-state index is -0.900. The number of aliphatic hydroxyl groups excluding tert-OH is 2. The van der Waals surface area contributed by atoms with Gasteiger partial charge in [-0.1, -0.05) is 6.92 Å². The minimum absolute atomic E-state index is 0.120. The molecular weight excluding hydrogens is 240 g/mol. The number of nitrogens with zero attached hydrogens (tertiary/aromatic N) is 2.